The second kappa shape index (κ2) is 9.55. The maximum atomic E-state index is 12.3. The molecule has 0 fully saturated rings. The largest absolute Gasteiger partial charge is 0.423 e. The molecule has 3 rings (SSSR count). The monoisotopic (exact) mass is 511 g/mol. The second-order valence-electron chi connectivity index (χ2n) is 7.27. The first-order chi connectivity index (χ1) is 15.3. The minimum atomic E-state index is -4.43. The molecule has 13 heteroatoms. The van der Waals surface area contributed by atoms with Gasteiger partial charge in [-0.25, -0.2) is 25.3 Å². The van der Waals surface area contributed by atoms with Crippen molar-refractivity contribution in [2.24, 2.45) is 0 Å². The predicted molar refractivity (Wildman–Crippen MR) is 121 cm³/mol. The van der Waals surface area contributed by atoms with Crippen molar-refractivity contribution in [3.05, 3.63) is 82.4 Å². The summed E-state index contributed by atoms with van der Waals surface area (Å²) in [5.74, 6) is -2.36. The standard InChI is InChI=1S/C20H21N3O7S3/c1-15-3-7-17(8-4-15)11-12-31(24,25)13-19-21-22-20(30-19)14-32(26,27)23-33(28,29)18-9-5-16(2)6-10-18/h3-12,23H,13-14H2,1-2H3/b12-11+. The molecule has 0 radical (unpaired) electrons. The highest BCUT2D eigenvalue weighted by Gasteiger charge is 2.26. The molecule has 1 heterocycles. The van der Waals surface area contributed by atoms with Crippen molar-refractivity contribution < 1.29 is 29.7 Å². The number of rotatable bonds is 9. The van der Waals surface area contributed by atoms with Gasteiger partial charge >= 0.3 is 0 Å². The molecule has 1 aromatic heterocycles. The van der Waals surface area contributed by atoms with E-state index in [0.717, 1.165) is 16.5 Å². The first-order valence-electron chi connectivity index (χ1n) is 9.45. The number of aromatic nitrogens is 2. The fourth-order valence-corrected chi connectivity index (χ4v) is 6.43. The summed E-state index contributed by atoms with van der Waals surface area (Å²) in [6.45, 7) is 3.66. The van der Waals surface area contributed by atoms with Gasteiger partial charge in [0.15, 0.2) is 9.84 Å². The average Bonchev–Trinajstić information content (AvgIpc) is 3.12. The number of sulfone groups is 1. The topological polar surface area (TPSA) is 153 Å². The Morgan fingerprint density at radius 3 is 1.88 bits per heavy atom. The lowest BCUT2D eigenvalue weighted by molar-refractivity contribution is 0.472. The Bertz CT molecular complexity index is 1470. The van der Waals surface area contributed by atoms with Crippen LogP contribution in [-0.2, 0) is 41.4 Å². The van der Waals surface area contributed by atoms with Crippen LogP contribution in [0.5, 0.6) is 0 Å². The Kier molecular flexibility index (Phi) is 7.17. The summed E-state index contributed by atoms with van der Waals surface area (Å²) < 4.78 is 80.5. The van der Waals surface area contributed by atoms with E-state index < -0.39 is 47.3 Å². The molecule has 0 saturated carbocycles. The van der Waals surface area contributed by atoms with Gasteiger partial charge < -0.3 is 4.42 Å². The van der Waals surface area contributed by atoms with Crippen LogP contribution in [-0.4, -0.2) is 35.5 Å². The molecule has 0 aliphatic carbocycles. The van der Waals surface area contributed by atoms with Crippen molar-refractivity contribution in [1.29, 1.82) is 0 Å². The highest BCUT2D eigenvalue weighted by molar-refractivity contribution is 8.04. The fraction of sp³-hybridized carbons (Fsp3) is 0.200. The lowest BCUT2D eigenvalue weighted by atomic mass is 10.2. The van der Waals surface area contributed by atoms with E-state index in [-0.39, 0.29) is 10.8 Å². The molecule has 3 aromatic rings. The van der Waals surface area contributed by atoms with E-state index in [1.807, 2.05) is 19.1 Å². The molecular formula is C20H21N3O7S3. The third-order valence-electron chi connectivity index (χ3n) is 4.26. The molecule has 0 unspecified atom stereocenters. The molecule has 33 heavy (non-hydrogen) atoms. The SMILES string of the molecule is Cc1ccc(/C=C/S(=O)(=O)Cc2nnc(CS(=O)(=O)NS(=O)(=O)c3ccc(C)cc3)o2)cc1. The Labute approximate surface area is 192 Å². The summed E-state index contributed by atoms with van der Waals surface area (Å²) in [5, 5.41) is 8.05. The third-order valence-corrected chi connectivity index (χ3v) is 8.87. The van der Waals surface area contributed by atoms with Crippen LogP contribution >= 0.6 is 0 Å². The van der Waals surface area contributed by atoms with Gasteiger partial charge in [-0.15, -0.1) is 14.3 Å². The van der Waals surface area contributed by atoms with Crippen LogP contribution < -0.4 is 4.13 Å². The van der Waals surface area contributed by atoms with Crippen LogP contribution in [0.1, 0.15) is 28.5 Å². The van der Waals surface area contributed by atoms with Gasteiger partial charge in [0.05, 0.1) is 4.90 Å². The normalized spacial score (nSPS) is 12.9. The Morgan fingerprint density at radius 1 is 0.788 bits per heavy atom. The molecule has 0 spiro atoms. The zero-order valence-electron chi connectivity index (χ0n) is 17.7. The van der Waals surface area contributed by atoms with E-state index in [0.29, 0.717) is 5.56 Å². The van der Waals surface area contributed by atoms with Gasteiger partial charge in [-0.05, 0) is 37.6 Å². The van der Waals surface area contributed by atoms with Gasteiger partial charge in [-0.1, -0.05) is 47.5 Å². The minimum Gasteiger partial charge on any atom is -0.423 e. The zero-order chi connectivity index (χ0) is 24.3. The van der Waals surface area contributed by atoms with Gasteiger partial charge in [-0.3, -0.25) is 0 Å². The number of aryl methyl sites for hydroxylation is 2. The predicted octanol–water partition coefficient (Wildman–Crippen LogP) is 2.08. The van der Waals surface area contributed by atoms with Crippen molar-refractivity contribution >= 4 is 36.0 Å². The Balaban J connectivity index is 1.66. The number of nitrogens with zero attached hydrogens (tertiary/aromatic N) is 2. The molecule has 1 N–H and O–H groups in total. The van der Waals surface area contributed by atoms with E-state index in [2.05, 4.69) is 10.2 Å². The van der Waals surface area contributed by atoms with Crippen molar-refractivity contribution in [3.8, 4) is 0 Å². The number of hydrogen-bond acceptors (Lipinski definition) is 9. The summed E-state index contributed by atoms with van der Waals surface area (Å²) in [6.07, 6.45) is 1.41. The summed E-state index contributed by atoms with van der Waals surface area (Å²) >= 11 is 0. The smallest absolute Gasteiger partial charge is 0.253 e. The molecule has 0 amide bonds. The maximum Gasteiger partial charge on any atom is 0.253 e. The quantitative estimate of drug-likeness (QED) is 0.455. The Morgan fingerprint density at radius 2 is 1.30 bits per heavy atom. The van der Waals surface area contributed by atoms with Crippen molar-refractivity contribution in [2.75, 3.05) is 0 Å². The van der Waals surface area contributed by atoms with Crippen molar-refractivity contribution in [1.82, 2.24) is 14.3 Å². The number of nitrogens with one attached hydrogen (secondary N) is 1. The number of sulfonamides is 2. The summed E-state index contributed by atoms with van der Waals surface area (Å²) in [7, 11) is -12.6. The lowest BCUT2D eigenvalue weighted by Gasteiger charge is -2.06. The number of benzene rings is 2. The second-order valence-corrected chi connectivity index (χ2v) is 12.8. The Hall–Kier alpha value is -2.87. The van der Waals surface area contributed by atoms with E-state index in [1.54, 1.807) is 23.2 Å². The van der Waals surface area contributed by atoms with Crippen LogP contribution in [0.3, 0.4) is 0 Å². The van der Waals surface area contributed by atoms with E-state index >= 15 is 0 Å². The fourth-order valence-electron chi connectivity index (χ4n) is 2.61. The first-order valence-corrected chi connectivity index (χ1v) is 14.3. The van der Waals surface area contributed by atoms with Crippen molar-refractivity contribution in [2.45, 2.75) is 30.2 Å². The van der Waals surface area contributed by atoms with E-state index in [9.17, 15) is 25.3 Å². The van der Waals surface area contributed by atoms with Crippen LogP contribution in [0, 0.1) is 13.8 Å². The number of hydrogen-bond donors (Lipinski definition) is 1. The van der Waals surface area contributed by atoms with Gasteiger partial charge in [0.25, 0.3) is 10.0 Å². The van der Waals surface area contributed by atoms with Crippen LogP contribution in [0.15, 0.2) is 63.3 Å². The molecule has 0 saturated heterocycles. The molecule has 176 valence electrons. The third kappa shape index (κ3) is 7.32. The summed E-state index contributed by atoms with van der Waals surface area (Å²) in [6, 6.07) is 12.8. The minimum absolute atomic E-state index is 0.227. The molecule has 0 aliphatic heterocycles. The molecule has 0 aliphatic rings. The maximum absolute atomic E-state index is 12.3. The molecule has 0 bridgehead atoms. The highest BCUT2D eigenvalue weighted by Crippen LogP contribution is 2.14. The van der Waals surface area contributed by atoms with Gasteiger partial charge in [-0.2, -0.15) is 0 Å². The molecular weight excluding hydrogens is 490 g/mol. The summed E-state index contributed by atoms with van der Waals surface area (Å²) in [5.41, 5.74) is 2.52. The first kappa shape index (κ1) is 24.8. The van der Waals surface area contributed by atoms with Gasteiger partial charge in [0, 0.05) is 5.41 Å². The average molecular weight is 512 g/mol. The van der Waals surface area contributed by atoms with Crippen LogP contribution in [0.4, 0.5) is 0 Å². The summed E-state index contributed by atoms with van der Waals surface area (Å²) in [4.78, 5) is -0.227. The van der Waals surface area contributed by atoms with E-state index in [1.165, 1.54) is 30.3 Å². The lowest BCUT2D eigenvalue weighted by Crippen LogP contribution is -2.31. The molecule has 0 atom stereocenters. The zero-order valence-corrected chi connectivity index (χ0v) is 20.1. The molecule has 10 nitrogen and oxygen atoms in total. The van der Waals surface area contributed by atoms with Gasteiger partial charge in [0.2, 0.25) is 21.8 Å². The van der Waals surface area contributed by atoms with Crippen LogP contribution in [0.2, 0.25) is 0 Å². The van der Waals surface area contributed by atoms with Crippen molar-refractivity contribution in [3.63, 3.8) is 0 Å². The van der Waals surface area contributed by atoms with Gasteiger partial charge in [0.1, 0.15) is 11.5 Å². The van der Waals surface area contributed by atoms with Crippen LogP contribution in [0.25, 0.3) is 6.08 Å². The van der Waals surface area contributed by atoms with E-state index in [4.69, 9.17) is 4.42 Å². The molecule has 2 aromatic carbocycles. The highest BCUT2D eigenvalue weighted by atomic mass is 32.3.